The van der Waals surface area contributed by atoms with Gasteiger partial charge in [-0.15, -0.1) is 5.10 Å². The Labute approximate surface area is 138 Å². The normalized spacial score (nSPS) is 12.6. The quantitative estimate of drug-likeness (QED) is 0.754. The molecule has 4 nitrogen and oxygen atoms in total. The predicted molar refractivity (Wildman–Crippen MR) is 92.6 cm³/mol. The minimum atomic E-state index is -1.76. The third-order valence-electron chi connectivity index (χ3n) is 4.26. The smallest absolute Gasteiger partial charge is 0.192 e. The van der Waals surface area contributed by atoms with E-state index in [1.54, 1.807) is 4.68 Å². The first-order chi connectivity index (χ1) is 10.2. The fourth-order valence-corrected chi connectivity index (χ4v) is 2.89. The number of benzene rings is 1. The van der Waals surface area contributed by atoms with Gasteiger partial charge in [-0.3, -0.25) is 0 Å². The van der Waals surface area contributed by atoms with Gasteiger partial charge in [-0.1, -0.05) is 55.8 Å². The topological polar surface area (TPSA) is 39.9 Å². The summed E-state index contributed by atoms with van der Waals surface area (Å²) in [6.07, 6.45) is 1.93. The highest BCUT2D eigenvalue weighted by molar-refractivity contribution is 6.74. The summed E-state index contributed by atoms with van der Waals surface area (Å²) in [5.74, 6) is 0. The van der Waals surface area contributed by atoms with Crippen LogP contribution >= 0.6 is 11.6 Å². The first-order valence-corrected chi connectivity index (χ1v) is 10.7. The molecule has 0 aliphatic carbocycles. The molecule has 1 heterocycles. The van der Waals surface area contributed by atoms with E-state index in [0.29, 0.717) is 13.2 Å². The Morgan fingerprint density at radius 3 is 2.55 bits per heavy atom. The summed E-state index contributed by atoms with van der Waals surface area (Å²) < 4.78 is 7.96. The third-order valence-corrected chi connectivity index (χ3v) is 9.11. The fourth-order valence-electron chi connectivity index (χ4n) is 1.75. The minimum absolute atomic E-state index is 0.195. The Morgan fingerprint density at radius 1 is 1.23 bits per heavy atom. The molecule has 0 atom stereocenters. The van der Waals surface area contributed by atoms with Crippen LogP contribution in [-0.4, -0.2) is 23.3 Å². The summed E-state index contributed by atoms with van der Waals surface area (Å²) in [5, 5.41) is 9.30. The van der Waals surface area contributed by atoms with Crippen molar-refractivity contribution in [1.82, 2.24) is 15.0 Å². The third kappa shape index (κ3) is 4.18. The molecule has 0 saturated carbocycles. The molecule has 0 amide bonds. The van der Waals surface area contributed by atoms with Gasteiger partial charge in [-0.2, -0.15) is 0 Å². The number of halogens is 1. The lowest BCUT2D eigenvalue weighted by molar-refractivity contribution is 0.272. The van der Waals surface area contributed by atoms with Crippen molar-refractivity contribution in [2.75, 3.05) is 0 Å². The standard InChI is InChI=1S/C16H24ClN3OSi/c1-16(2,3)22(4,5)21-12-14-11-20(19-18-14)10-13-8-6-7-9-15(13)17/h6-9,11H,10,12H2,1-5H3. The number of nitrogens with zero attached hydrogens (tertiary/aromatic N) is 3. The van der Waals surface area contributed by atoms with E-state index in [1.165, 1.54) is 0 Å². The van der Waals surface area contributed by atoms with Crippen molar-refractivity contribution >= 4 is 19.9 Å². The largest absolute Gasteiger partial charge is 0.411 e. The molecule has 0 N–H and O–H groups in total. The highest BCUT2D eigenvalue weighted by Gasteiger charge is 2.37. The lowest BCUT2D eigenvalue weighted by atomic mass is 10.2. The molecule has 1 aromatic heterocycles. The first kappa shape index (κ1) is 17.2. The highest BCUT2D eigenvalue weighted by Crippen LogP contribution is 2.36. The number of aromatic nitrogens is 3. The van der Waals surface area contributed by atoms with Gasteiger partial charge >= 0.3 is 0 Å². The van der Waals surface area contributed by atoms with E-state index < -0.39 is 8.32 Å². The molecule has 0 radical (unpaired) electrons. The molecule has 1 aromatic carbocycles. The van der Waals surface area contributed by atoms with Crippen LogP contribution in [0.5, 0.6) is 0 Å². The van der Waals surface area contributed by atoms with Gasteiger partial charge in [0.05, 0.1) is 19.3 Å². The van der Waals surface area contributed by atoms with Crippen LogP contribution in [0.2, 0.25) is 23.2 Å². The Balaban J connectivity index is 1.99. The lowest BCUT2D eigenvalue weighted by Gasteiger charge is -2.35. The SMILES string of the molecule is CC(C)(C)[Si](C)(C)OCc1cn(Cc2ccccc2Cl)nn1. The Bertz CT molecular complexity index is 634. The maximum absolute atomic E-state index is 6.17. The van der Waals surface area contributed by atoms with Gasteiger partial charge in [0, 0.05) is 5.02 Å². The average molecular weight is 338 g/mol. The van der Waals surface area contributed by atoms with Crippen LogP contribution in [0, 0.1) is 0 Å². The minimum Gasteiger partial charge on any atom is -0.411 e. The van der Waals surface area contributed by atoms with Crippen LogP contribution < -0.4 is 0 Å². The van der Waals surface area contributed by atoms with Crippen LogP contribution in [0.25, 0.3) is 0 Å². The first-order valence-electron chi connectivity index (χ1n) is 7.45. The van der Waals surface area contributed by atoms with Gasteiger partial charge in [-0.25, -0.2) is 4.68 Å². The Hall–Kier alpha value is -1.17. The van der Waals surface area contributed by atoms with Crippen molar-refractivity contribution in [3.05, 3.63) is 46.7 Å². The molecular formula is C16H24ClN3OSi. The maximum atomic E-state index is 6.17. The monoisotopic (exact) mass is 337 g/mol. The van der Waals surface area contributed by atoms with Crippen LogP contribution in [-0.2, 0) is 17.6 Å². The summed E-state index contributed by atoms with van der Waals surface area (Å²) >= 11 is 6.17. The highest BCUT2D eigenvalue weighted by atomic mass is 35.5. The van der Waals surface area contributed by atoms with E-state index in [9.17, 15) is 0 Å². The summed E-state index contributed by atoms with van der Waals surface area (Å²) in [4.78, 5) is 0. The molecular weight excluding hydrogens is 314 g/mol. The van der Waals surface area contributed by atoms with Crippen LogP contribution in [0.4, 0.5) is 0 Å². The lowest BCUT2D eigenvalue weighted by Crippen LogP contribution is -2.40. The number of hydrogen-bond donors (Lipinski definition) is 0. The van der Waals surface area contributed by atoms with E-state index in [1.807, 2.05) is 30.5 Å². The van der Waals surface area contributed by atoms with E-state index >= 15 is 0 Å². The van der Waals surface area contributed by atoms with Crippen LogP contribution in [0.1, 0.15) is 32.0 Å². The van der Waals surface area contributed by atoms with E-state index in [-0.39, 0.29) is 5.04 Å². The molecule has 0 fully saturated rings. The zero-order valence-electron chi connectivity index (χ0n) is 13.9. The Morgan fingerprint density at radius 2 is 1.91 bits per heavy atom. The Kier molecular flexibility index (Phi) is 5.09. The molecule has 120 valence electrons. The molecule has 0 aliphatic rings. The number of hydrogen-bond acceptors (Lipinski definition) is 3. The van der Waals surface area contributed by atoms with Crippen molar-refractivity contribution < 1.29 is 4.43 Å². The van der Waals surface area contributed by atoms with Gasteiger partial charge in [0.2, 0.25) is 0 Å². The molecule has 2 aromatic rings. The van der Waals surface area contributed by atoms with Crippen molar-refractivity contribution in [2.45, 2.75) is 52.1 Å². The van der Waals surface area contributed by atoms with Crippen molar-refractivity contribution in [1.29, 1.82) is 0 Å². The zero-order chi connectivity index (χ0) is 16.4. The second-order valence-corrected chi connectivity index (χ2v) is 12.3. The molecule has 2 rings (SSSR count). The molecule has 0 unspecified atom stereocenters. The molecule has 0 saturated heterocycles. The second kappa shape index (κ2) is 6.52. The van der Waals surface area contributed by atoms with E-state index in [0.717, 1.165) is 16.3 Å². The molecule has 0 spiro atoms. The fraction of sp³-hybridized carbons (Fsp3) is 0.500. The van der Waals surface area contributed by atoms with Gasteiger partial charge in [0.1, 0.15) is 5.69 Å². The molecule has 6 heteroatoms. The summed E-state index contributed by atoms with van der Waals surface area (Å²) in [5.41, 5.74) is 1.89. The van der Waals surface area contributed by atoms with Gasteiger partial charge in [-0.05, 0) is 29.8 Å². The van der Waals surface area contributed by atoms with Crippen molar-refractivity contribution in [3.63, 3.8) is 0 Å². The van der Waals surface area contributed by atoms with E-state index in [2.05, 4.69) is 44.2 Å². The molecule has 0 aliphatic heterocycles. The van der Waals surface area contributed by atoms with Crippen molar-refractivity contribution in [2.24, 2.45) is 0 Å². The van der Waals surface area contributed by atoms with Crippen LogP contribution in [0.3, 0.4) is 0 Å². The van der Waals surface area contributed by atoms with E-state index in [4.69, 9.17) is 16.0 Å². The van der Waals surface area contributed by atoms with Gasteiger partial charge < -0.3 is 4.43 Å². The predicted octanol–water partition coefficient (Wildman–Crippen LogP) is 4.50. The summed E-state index contributed by atoms with van der Waals surface area (Å²) in [6.45, 7) is 12.3. The summed E-state index contributed by atoms with van der Waals surface area (Å²) in [7, 11) is -1.76. The summed E-state index contributed by atoms with van der Waals surface area (Å²) in [6, 6.07) is 7.77. The van der Waals surface area contributed by atoms with Crippen molar-refractivity contribution in [3.8, 4) is 0 Å². The molecule has 0 bridgehead atoms. The van der Waals surface area contributed by atoms with Crippen LogP contribution in [0.15, 0.2) is 30.5 Å². The van der Waals surface area contributed by atoms with Gasteiger partial charge in [0.25, 0.3) is 0 Å². The zero-order valence-corrected chi connectivity index (χ0v) is 15.7. The second-order valence-electron chi connectivity index (χ2n) is 7.05. The maximum Gasteiger partial charge on any atom is 0.192 e. The van der Waals surface area contributed by atoms with Gasteiger partial charge in [0.15, 0.2) is 8.32 Å². The number of rotatable bonds is 5. The molecule has 22 heavy (non-hydrogen) atoms. The average Bonchev–Trinajstić information content (AvgIpc) is 2.86.